The highest BCUT2D eigenvalue weighted by molar-refractivity contribution is 5.85. The van der Waals surface area contributed by atoms with Gasteiger partial charge in [-0.05, 0) is 13.8 Å². The van der Waals surface area contributed by atoms with Crippen molar-refractivity contribution in [1.29, 1.82) is 0 Å². The summed E-state index contributed by atoms with van der Waals surface area (Å²) >= 11 is 0. The molecule has 1 aromatic heterocycles. The summed E-state index contributed by atoms with van der Waals surface area (Å²) in [5.74, 6) is 0.559. The van der Waals surface area contributed by atoms with E-state index in [1.165, 1.54) is 13.4 Å². The molecule has 2 N–H and O–H groups in total. The Labute approximate surface area is 94.8 Å². The van der Waals surface area contributed by atoms with Crippen LogP contribution in [-0.2, 0) is 16.0 Å². The van der Waals surface area contributed by atoms with Gasteiger partial charge in [-0.3, -0.25) is 4.79 Å². The monoisotopic (exact) mass is 226 g/mol. The zero-order chi connectivity index (χ0) is 12.1. The molecule has 16 heavy (non-hydrogen) atoms. The topological polar surface area (TPSA) is 83.0 Å². The molecule has 0 aliphatic rings. The van der Waals surface area contributed by atoms with Gasteiger partial charge in [0.2, 0.25) is 0 Å². The highest BCUT2D eigenvalue weighted by Crippen LogP contribution is 2.06. The molecule has 0 spiro atoms. The fourth-order valence-corrected chi connectivity index (χ4v) is 1.39. The number of ketones is 1. The van der Waals surface area contributed by atoms with Gasteiger partial charge in [-0.1, -0.05) is 0 Å². The fraction of sp³-hybridized carbons (Fsp3) is 0.700. The zero-order valence-corrected chi connectivity index (χ0v) is 9.88. The molecule has 1 aromatic rings. The maximum atomic E-state index is 11.7. The number of aromatic nitrogens is 3. The zero-order valence-electron chi connectivity index (χ0n) is 9.88. The third-order valence-electron chi connectivity index (χ3n) is 2.23. The van der Waals surface area contributed by atoms with Crippen LogP contribution < -0.4 is 5.73 Å². The van der Waals surface area contributed by atoms with E-state index < -0.39 is 6.04 Å². The first kappa shape index (κ1) is 12.8. The Kier molecular flexibility index (Phi) is 4.57. The van der Waals surface area contributed by atoms with Gasteiger partial charge in [0.25, 0.3) is 0 Å². The Hall–Kier alpha value is -1.27. The first-order valence-corrected chi connectivity index (χ1v) is 5.21. The van der Waals surface area contributed by atoms with Crippen LogP contribution in [0.3, 0.4) is 0 Å². The molecule has 0 radical (unpaired) electrons. The minimum atomic E-state index is -0.595. The Balaban J connectivity index is 2.66. The maximum Gasteiger partial charge on any atom is 0.159 e. The lowest BCUT2D eigenvalue weighted by Crippen LogP contribution is -2.36. The highest BCUT2D eigenvalue weighted by atomic mass is 16.5. The number of nitrogens with two attached hydrogens (primary N) is 1. The molecule has 1 rings (SSSR count). The van der Waals surface area contributed by atoms with Gasteiger partial charge in [0.15, 0.2) is 5.78 Å². The predicted octanol–water partition coefficient (Wildman–Crippen LogP) is -0.0557. The van der Waals surface area contributed by atoms with Crippen LogP contribution in [-0.4, -0.2) is 40.3 Å². The Morgan fingerprint density at radius 2 is 2.31 bits per heavy atom. The normalized spacial score (nSPS) is 13.1. The van der Waals surface area contributed by atoms with E-state index in [9.17, 15) is 4.79 Å². The lowest BCUT2D eigenvalue weighted by atomic mass is 10.1. The Morgan fingerprint density at radius 3 is 2.88 bits per heavy atom. The first-order chi connectivity index (χ1) is 7.56. The number of rotatable bonds is 6. The molecule has 0 aliphatic heterocycles. The number of ether oxygens (including phenoxy) is 1. The largest absolute Gasteiger partial charge is 0.383 e. The molecule has 6 heteroatoms. The summed E-state index contributed by atoms with van der Waals surface area (Å²) < 4.78 is 6.55. The molecule has 6 nitrogen and oxygen atoms in total. The van der Waals surface area contributed by atoms with Crippen molar-refractivity contribution >= 4 is 5.78 Å². The van der Waals surface area contributed by atoms with E-state index in [0.717, 1.165) is 0 Å². The summed E-state index contributed by atoms with van der Waals surface area (Å²) in [6, 6.07) is -0.411. The van der Waals surface area contributed by atoms with Crippen LogP contribution in [0.2, 0.25) is 0 Å². The number of methoxy groups -OCH3 is 1. The Bertz CT molecular complexity index is 348. The number of carbonyl (C=O) groups excluding carboxylic acids is 1. The summed E-state index contributed by atoms with van der Waals surface area (Å²) in [4.78, 5) is 15.7. The van der Waals surface area contributed by atoms with E-state index >= 15 is 0 Å². The second-order valence-electron chi connectivity index (χ2n) is 3.92. The second-order valence-corrected chi connectivity index (χ2v) is 3.92. The van der Waals surface area contributed by atoms with Crippen molar-refractivity contribution < 1.29 is 9.53 Å². The molecule has 0 saturated carbocycles. The van der Waals surface area contributed by atoms with E-state index in [-0.39, 0.29) is 24.9 Å². The molecule has 1 atom stereocenters. The average molecular weight is 226 g/mol. The van der Waals surface area contributed by atoms with Crippen molar-refractivity contribution in [3.8, 4) is 0 Å². The van der Waals surface area contributed by atoms with E-state index in [0.29, 0.717) is 5.82 Å². The van der Waals surface area contributed by atoms with Crippen molar-refractivity contribution in [2.75, 3.05) is 13.7 Å². The molecule has 90 valence electrons. The third-order valence-corrected chi connectivity index (χ3v) is 2.23. The summed E-state index contributed by atoms with van der Waals surface area (Å²) in [5, 5.41) is 4.06. The second kappa shape index (κ2) is 5.72. The summed E-state index contributed by atoms with van der Waals surface area (Å²) in [6.07, 6.45) is 1.65. The van der Waals surface area contributed by atoms with Gasteiger partial charge in [-0.15, -0.1) is 0 Å². The predicted molar refractivity (Wildman–Crippen MR) is 59.0 cm³/mol. The van der Waals surface area contributed by atoms with Crippen LogP contribution in [0.25, 0.3) is 0 Å². The average Bonchev–Trinajstić information content (AvgIpc) is 2.66. The number of hydrogen-bond donors (Lipinski definition) is 1. The molecule has 1 unspecified atom stereocenters. The molecule has 0 aliphatic carbocycles. The molecular weight excluding hydrogens is 208 g/mol. The molecule has 0 bridgehead atoms. The van der Waals surface area contributed by atoms with Crippen LogP contribution in [0.5, 0.6) is 0 Å². The van der Waals surface area contributed by atoms with Crippen LogP contribution in [0.15, 0.2) is 6.33 Å². The van der Waals surface area contributed by atoms with Gasteiger partial charge in [0.1, 0.15) is 12.2 Å². The number of carbonyl (C=O) groups is 1. The van der Waals surface area contributed by atoms with Crippen LogP contribution >= 0.6 is 0 Å². The van der Waals surface area contributed by atoms with Crippen molar-refractivity contribution in [3.05, 3.63) is 12.2 Å². The van der Waals surface area contributed by atoms with Gasteiger partial charge in [-0.25, -0.2) is 9.67 Å². The standard InChI is InChI=1S/C10H18N4O2/c1-7(2)14-10(12-6-13-14)4-9(15)8(11)5-16-3/h6-8H,4-5,11H2,1-3H3. The molecule has 0 amide bonds. The lowest BCUT2D eigenvalue weighted by molar-refractivity contribution is -0.120. The summed E-state index contributed by atoms with van der Waals surface area (Å²) in [6.45, 7) is 4.20. The number of hydrogen-bond acceptors (Lipinski definition) is 5. The van der Waals surface area contributed by atoms with E-state index in [2.05, 4.69) is 10.1 Å². The van der Waals surface area contributed by atoms with Crippen molar-refractivity contribution in [1.82, 2.24) is 14.8 Å². The summed E-state index contributed by atoms with van der Waals surface area (Å²) in [7, 11) is 1.52. The minimum Gasteiger partial charge on any atom is -0.383 e. The van der Waals surface area contributed by atoms with E-state index in [1.54, 1.807) is 4.68 Å². The smallest absolute Gasteiger partial charge is 0.159 e. The Morgan fingerprint density at radius 1 is 1.62 bits per heavy atom. The quantitative estimate of drug-likeness (QED) is 0.735. The van der Waals surface area contributed by atoms with E-state index in [4.69, 9.17) is 10.5 Å². The molecule has 0 fully saturated rings. The minimum absolute atomic E-state index is 0.0863. The number of nitrogens with zero attached hydrogens (tertiary/aromatic N) is 3. The van der Waals surface area contributed by atoms with Gasteiger partial charge >= 0.3 is 0 Å². The lowest BCUT2D eigenvalue weighted by Gasteiger charge is -2.11. The van der Waals surface area contributed by atoms with Gasteiger partial charge in [-0.2, -0.15) is 5.10 Å². The SMILES string of the molecule is COCC(N)C(=O)Cc1ncnn1C(C)C. The van der Waals surface area contributed by atoms with Crippen LogP contribution in [0, 0.1) is 0 Å². The fourth-order valence-electron chi connectivity index (χ4n) is 1.39. The van der Waals surface area contributed by atoms with Gasteiger partial charge < -0.3 is 10.5 Å². The third kappa shape index (κ3) is 3.11. The van der Waals surface area contributed by atoms with Crippen molar-refractivity contribution in [2.24, 2.45) is 5.73 Å². The van der Waals surface area contributed by atoms with Gasteiger partial charge in [0.05, 0.1) is 19.1 Å². The van der Waals surface area contributed by atoms with Crippen molar-refractivity contribution in [2.45, 2.75) is 32.4 Å². The summed E-state index contributed by atoms with van der Waals surface area (Å²) in [5.41, 5.74) is 5.64. The van der Waals surface area contributed by atoms with Crippen LogP contribution in [0.1, 0.15) is 25.7 Å². The number of Topliss-reactive ketones (excluding diaryl/α,β-unsaturated/α-hetero) is 1. The molecule has 0 saturated heterocycles. The van der Waals surface area contributed by atoms with Crippen LogP contribution in [0.4, 0.5) is 0 Å². The first-order valence-electron chi connectivity index (χ1n) is 5.21. The molecular formula is C10H18N4O2. The van der Waals surface area contributed by atoms with Gasteiger partial charge in [0, 0.05) is 13.2 Å². The molecule has 0 aromatic carbocycles. The highest BCUT2D eigenvalue weighted by Gasteiger charge is 2.17. The molecule has 1 heterocycles. The maximum absolute atomic E-state index is 11.7. The van der Waals surface area contributed by atoms with E-state index in [1.807, 2.05) is 13.8 Å². The van der Waals surface area contributed by atoms with Crippen molar-refractivity contribution in [3.63, 3.8) is 0 Å².